The van der Waals surface area contributed by atoms with Crippen molar-refractivity contribution in [2.45, 2.75) is 55.5 Å². The standard InChI is InChI=1S/C22H22ClN5OS2/c23-18-11-5-4-10-17(18)21-24-20(29-27-21)14-31-22-26-25-19(13-16-9-6-12-30-16)28(22)15-7-2-1-3-8-15/h4-6,9-12,15H,1-3,7-8,13-14H2. The van der Waals surface area contributed by atoms with Gasteiger partial charge in [-0.05, 0) is 36.4 Å². The number of thioether (sulfide) groups is 1. The Morgan fingerprint density at radius 2 is 1.97 bits per heavy atom. The molecule has 3 heterocycles. The minimum atomic E-state index is 0.461. The number of benzene rings is 1. The topological polar surface area (TPSA) is 69.6 Å². The largest absolute Gasteiger partial charge is 0.338 e. The first-order chi connectivity index (χ1) is 15.3. The molecule has 1 aliphatic rings. The number of aromatic nitrogens is 5. The zero-order chi connectivity index (χ0) is 21.0. The van der Waals surface area contributed by atoms with Crippen LogP contribution in [0, 0.1) is 0 Å². The number of hydrogen-bond donors (Lipinski definition) is 0. The lowest BCUT2D eigenvalue weighted by Gasteiger charge is -2.25. The second-order valence-corrected chi connectivity index (χ2v) is 9.98. The highest BCUT2D eigenvalue weighted by molar-refractivity contribution is 7.98. The molecule has 0 aliphatic heterocycles. The van der Waals surface area contributed by atoms with Gasteiger partial charge in [0.05, 0.1) is 10.8 Å². The molecule has 1 aromatic carbocycles. The fourth-order valence-electron chi connectivity index (χ4n) is 3.99. The fraction of sp³-hybridized carbons (Fsp3) is 0.364. The first kappa shape index (κ1) is 20.7. The predicted octanol–water partition coefficient (Wildman–Crippen LogP) is 6.43. The van der Waals surface area contributed by atoms with E-state index in [1.165, 1.54) is 37.0 Å². The van der Waals surface area contributed by atoms with Crippen molar-refractivity contribution < 1.29 is 4.52 Å². The number of hydrogen-bond acceptors (Lipinski definition) is 7. The summed E-state index contributed by atoms with van der Waals surface area (Å²) in [5, 5.41) is 16.8. The number of rotatable bonds is 7. The van der Waals surface area contributed by atoms with E-state index in [-0.39, 0.29) is 0 Å². The van der Waals surface area contributed by atoms with Crippen molar-refractivity contribution in [3.8, 4) is 11.4 Å². The van der Waals surface area contributed by atoms with Crippen molar-refractivity contribution in [2.24, 2.45) is 0 Å². The molecule has 0 spiro atoms. The van der Waals surface area contributed by atoms with Crippen LogP contribution >= 0.6 is 34.7 Å². The first-order valence-electron chi connectivity index (χ1n) is 10.4. The molecule has 1 aliphatic carbocycles. The van der Waals surface area contributed by atoms with Crippen molar-refractivity contribution in [3.63, 3.8) is 0 Å². The van der Waals surface area contributed by atoms with E-state index < -0.39 is 0 Å². The highest BCUT2D eigenvalue weighted by atomic mass is 35.5. The van der Waals surface area contributed by atoms with E-state index in [9.17, 15) is 0 Å². The normalized spacial score (nSPS) is 14.9. The summed E-state index contributed by atoms with van der Waals surface area (Å²) in [4.78, 5) is 5.84. The Hall–Kier alpha value is -2.16. The van der Waals surface area contributed by atoms with Crippen LogP contribution in [0.3, 0.4) is 0 Å². The molecule has 31 heavy (non-hydrogen) atoms. The summed E-state index contributed by atoms with van der Waals surface area (Å²) in [7, 11) is 0. The van der Waals surface area contributed by atoms with Crippen LogP contribution in [-0.2, 0) is 12.2 Å². The van der Waals surface area contributed by atoms with E-state index in [2.05, 4.69) is 42.4 Å². The van der Waals surface area contributed by atoms with Gasteiger partial charge >= 0.3 is 0 Å². The zero-order valence-electron chi connectivity index (χ0n) is 16.9. The molecular weight excluding hydrogens is 450 g/mol. The summed E-state index contributed by atoms with van der Waals surface area (Å²) in [5.41, 5.74) is 0.771. The minimum absolute atomic E-state index is 0.461. The van der Waals surface area contributed by atoms with E-state index in [0.717, 1.165) is 23.0 Å². The third kappa shape index (κ3) is 4.71. The van der Waals surface area contributed by atoms with Crippen molar-refractivity contribution in [3.05, 3.63) is 63.4 Å². The molecule has 9 heteroatoms. The highest BCUT2D eigenvalue weighted by Crippen LogP contribution is 2.34. The lowest BCUT2D eigenvalue weighted by Crippen LogP contribution is -2.16. The van der Waals surface area contributed by atoms with Gasteiger partial charge in [-0.25, -0.2) is 0 Å². The van der Waals surface area contributed by atoms with Gasteiger partial charge in [-0.1, -0.05) is 66.0 Å². The van der Waals surface area contributed by atoms with Crippen molar-refractivity contribution in [1.29, 1.82) is 0 Å². The molecule has 3 aromatic heterocycles. The Morgan fingerprint density at radius 1 is 1.10 bits per heavy atom. The SMILES string of the molecule is Clc1ccccc1-c1noc(CSc2nnc(Cc3cccs3)n2C2CCCCC2)n1. The van der Waals surface area contributed by atoms with Gasteiger partial charge in [0.25, 0.3) is 0 Å². The summed E-state index contributed by atoms with van der Waals surface area (Å²) >= 11 is 9.63. The van der Waals surface area contributed by atoms with Crippen LogP contribution in [0.25, 0.3) is 11.4 Å². The van der Waals surface area contributed by atoms with E-state index in [0.29, 0.717) is 28.5 Å². The summed E-state index contributed by atoms with van der Waals surface area (Å²) in [6.45, 7) is 0. The number of nitrogens with zero attached hydrogens (tertiary/aromatic N) is 5. The lowest BCUT2D eigenvalue weighted by atomic mass is 9.95. The van der Waals surface area contributed by atoms with Gasteiger partial charge < -0.3 is 9.09 Å². The van der Waals surface area contributed by atoms with Gasteiger partial charge in [0.1, 0.15) is 5.82 Å². The van der Waals surface area contributed by atoms with Gasteiger partial charge in [0, 0.05) is 22.9 Å². The second kappa shape index (κ2) is 9.54. The molecule has 0 atom stereocenters. The third-order valence-corrected chi connectivity index (χ3v) is 7.63. The lowest BCUT2D eigenvalue weighted by molar-refractivity contribution is 0.330. The molecule has 0 unspecified atom stereocenters. The Balaban J connectivity index is 1.35. The quantitative estimate of drug-likeness (QED) is 0.289. The average Bonchev–Trinajstić information content (AvgIpc) is 3.55. The van der Waals surface area contributed by atoms with E-state index in [4.69, 9.17) is 16.1 Å². The monoisotopic (exact) mass is 471 g/mol. The van der Waals surface area contributed by atoms with Gasteiger partial charge in [0.2, 0.25) is 11.7 Å². The summed E-state index contributed by atoms with van der Waals surface area (Å²) < 4.78 is 7.83. The molecule has 0 amide bonds. The summed E-state index contributed by atoms with van der Waals surface area (Å²) in [6, 6.07) is 12.2. The maximum absolute atomic E-state index is 6.26. The molecular formula is C22H22ClN5OS2. The summed E-state index contributed by atoms with van der Waals surface area (Å²) in [6.07, 6.45) is 7.01. The maximum atomic E-state index is 6.26. The van der Waals surface area contributed by atoms with Crippen LogP contribution < -0.4 is 0 Å². The number of halogens is 1. The van der Waals surface area contributed by atoms with Crippen LogP contribution in [-0.4, -0.2) is 24.9 Å². The minimum Gasteiger partial charge on any atom is -0.338 e. The highest BCUT2D eigenvalue weighted by Gasteiger charge is 2.24. The molecule has 160 valence electrons. The van der Waals surface area contributed by atoms with Crippen molar-refractivity contribution in [1.82, 2.24) is 24.9 Å². The molecule has 5 rings (SSSR count). The van der Waals surface area contributed by atoms with Crippen LogP contribution in [0.15, 0.2) is 51.5 Å². The molecule has 4 aromatic rings. The second-order valence-electron chi connectivity index (χ2n) is 7.60. The van der Waals surface area contributed by atoms with Crippen LogP contribution in [0.5, 0.6) is 0 Å². The molecule has 0 bridgehead atoms. The van der Waals surface area contributed by atoms with Crippen LogP contribution in [0.4, 0.5) is 0 Å². The molecule has 0 N–H and O–H groups in total. The molecule has 1 saturated carbocycles. The van der Waals surface area contributed by atoms with Gasteiger partial charge in [-0.15, -0.1) is 21.5 Å². The zero-order valence-corrected chi connectivity index (χ0v) is 19.3. The van der Waals surface area contributed by atoms with Gasteiger partial charge in [-0.3, -0.25) is 0 Å². The summed E-state index contributed by atoms with van der Waals surface area (Å²) in [5.74, 6) is 2.65. The van der Waals surface area contributed by atoms with E-state index >= 15 is 0 Å². The Morgan fingerprint density at radius 3 is 2.77 bits per heavy atom. The Labute approximate surface area is 194 Å². The molecule has 1 fully saturated rings. The van der Waals surface area contributed by atoms with E-state index in [1.807, 2.05) is 24.3 Å². The molecule has 0 radical (unpaired) electrons. The average molecular weight is 472 g/mol. The Kier molecular flexibility index (Phi) is 6.38. The number of thiophene rings is 1. The Bertz CT molecular complexity index is 1130. The third-order valence-electron chi connectivity index (χ3n) is 5.50. The van der Waals surface area contributed by atoms with Crippen molar-refractivity contribution >= 4 is 34.7 Å². The predicted molar refractivity (Wildman–Crippen MR) is 124 cm³/mol. The van der Waals surface area contributed by atoms with Crippen molar-refractivity contribution in [2.75, 3.05) is 0 Å². The maximum Gasteiger partial charge on any atom is 0.237 e. The smallest absolute Gasteiger partial charge is 0.237 e. The molecule has 6 nitrogen and oxygen atoms in total. The van der Waals surface area contributed by atoms with Gasteiger partial charge in [0.15, 0.2) is 5.16 Å². The molecule has 0 saturated heterocycles. The van der Waals surface area contributed by atoms with Gasteiger partial charge in [-0.2, -0.15) is 4.98 Å². The van der Waals surface area contributed by atoms with Crippen LogP contribution in [0.1, 0.15) is 54.7 Å². The first-order valence-corrected chi connectivity index (χ1v) is 12.7. The fourth-order valence-corrected chi connectivity index (χ4v) is 5.78. The van der Waals surface area contributed by atoms with Crippen LogP contribution in [0.2, 0.25) is 5.02 Å². The van der Waals surface area contributed by atoms with E-state index in [1.54, 1.807) is 23.1 Å².